The van der Waals surface area contributed by atoms with Gasteiger partial charge in [0.25, 0.3) is 5.91 Å². The van der Waals surface area contributed by atoms with E-state index < -0.39 is 17.9 Å². The molecular weight excluding hydrogens is 628 g/mol. The van der Waals surface area contributed by atoms with E-state index in [1.165, 1.54) is 44.1 Å². The number of ether oxygens (including phenoxy) is 1. The molecule has 1 saturated carbocycles. The van der Waals surface area contributed by atoms with Gasteiger partial charge in [-0.3, -0.25) is 14.4 Å². The smallest absolute Gasteiger partial charge is 0.308 e. The molecule has 0 bridgehead atoms. The molecule has 1 aliphatic carbocycles. The van der Waals surface area contributed by atoms with Crippen LogP contribution in [0.3, 0.4) is 0 Å². The maximum atomic E-state index is 13.7. The zero-order chi connectivity index (χ0) is 34.9. The summed E-state index contributed by atoms with van der Waals surface area (Å²) in [5, 5.41) is 12.4. The molecule has 0 radical (unpaired) electrons. The van der Waals surface area contributed by atoms with Crippen molar-refractivity contribution in [2.45, 2.75) is 76.7 Å². The lowest BCUT2D eigenvalue weighted by atomic mass is 10.0. The van der Waals surface area contributed by atoms with Crippen LogP contribution in [0.1, 0.15) is 85.7 Å². The van der Waals surface area contributed by atoms with Gasteiger partial charge in [0.05, 0.1) is 12.5 Å². The van der Waals surface area contributed by atoms with Crippen LogP contribution in [-0.2, 0) is 16.0 Å². The number of carbonyl (C=O) groups excluding carboxylic acids is 2. The minimum Gasteiger partial charge on any atom is -0.494 e. The summed E-state index contributed by atoms with van der Waals surface area (Å²) in [7, 11) is 0. The SMILES string of the molecule is CCCCCCCOc1ccc(-c2cnc(-c3ccc(CC(NC(=O)c4ccc(C5CC5)cc4)C(=O)N4CCC(C(=O)O)C4)cc3)nc2)cc1. The maximum Gasteiger partial charge on any atom is 0.308 e. The van der Waals surface area contributed by atoms with Gasteiger partial charge >= 0.3 is 5.97 Å². The molecule has 2 amide bonds. The summed E-state index contributed by atoms with van der Waals surface area (Å²) < 4.78 is 5.90. The van der Waals surface area contributed by atoms with Crippen molar-refractivity contribution in [3.05, 3.63) is 102 Å². The Bertz CT molecular complexity index is 1740. The van der Waals surface area contributed by atoms with E-state index in [-0.39, 0.29) is 24.8 Å². The number of likely N-dealkylation sites (tertiary alicyclic amines) is 1. The first-order chi connectivity index (χ1) is 24.4. The lowest BCUT2D eigenvalue weighted by molar-refractivity contribution is -0.141. The lowest BCUT2D eigenvalue weighted by Gasteiger charge is -2.24. The van der Waals surface area contributed by atoms with E-state index in [9.17, 15) is 19.5 Å². The van der Waals surface area contributed by atoms with Crippen LogP contribution in [0.25, 0.3) is 22.5 Å². The van der Waals surface area contributed by atoms with Crippen molar-refractivity contribution in [2.24, 2.45) is 5.92 Å². The largest absolute Gasteiger partial charge is 0.494 e. The standard InChI is InChI=1S/C41H46N4O5/c1-2-3-4-5-6-23-50-36-19-17-31(18-20-36)35-25-42-38(43-26-35)32-9-7-28(8-10-32)24-37(40(47)45-22-21-34(27-45)41(48)49)44-39(46)33-15-13-30(14-16-33)29-11-12-29/h7-10,13-20,25-26,29,34,37H,2-6,11-12,21-24,27H2,1H3,(H,44,46)(H,48,49). The third-order valence-corrected chi connectivity index (χ3v) is 9.68. The van der Waals surface area contributed by atoms with Gasteiger partial charge in [-0.05, 0) is 72.6 Å². The number of carboxylic acid groups (broad SMARTS) is 1. The molecule has 6 rings (SSSR count). The topological polar surface area (TPSA) is 122 Å². The monoisotopic (exact) mass is 674 g/mol. The van der Waals surface area contributed by atoms with Crippen LogP contribution in [0.2, 0.25) is 0 Å². The lowest BCUT2D eigenvalue weighted by Crippen LogP contribution is -2.49. The Kier molecular flexibility index (Phi) is 11.5. The predicted octanol–water partition coefficient (Wildman–Crippen LogP) is 7.31. The van der Waals surface area contributed by atoms with Crippen molar-refractivity contribution in [1.29, 1.82) is 0 Å². The third kappa shape index (κ3) is 9.14. The van der Waals surface area contributed by atoms with Gasteiger partial charge in [-0.15, -0.1) is 0 Å². The van der Waals surface area contributed by atoms with Crippen molar-refractivity contribution in [3.63, 3.8) is 0 Å². The van der Waals surface area contributed by atoms with E-state index in [4.69, 9.17) is 4.74 Å². The molecule has 9 heteroatoms. The van der Waals surface area contributed by atoms with Gasteiger partial charge in [-0.2, -0.15) is 0 Å². The summed E-state index contributed by atoms with van der Waals surface area (Å²) in [5.41, 5.74) is 5.31. The van der Waals surface area contributed by atoms with E-state index in [2.05, 4.69) is 22.2 Å². The summed E-state index contributed by atoms with van der Waals surface area (Å²) in [4.78, 5) is 49.3. The third-order valence-electron chi connectivity index (χ3n) is 9.68. The number of carbonyl (C=O) groups is 3. The zero-order valence-corrected chi connectivity index (χ0v) is 28.7. The fraction of sp³-hybridized carbons (Fsp3) is 0.390. The number of amides is 2. The molecule has 1 aromatic heterocycles. The molecule has 1 saturated heterocycles. The van der Waals surface area contributed by atoms with E-state index in [0.717, 1.165) is 41.0 Å². The van der Waals surface area contributed by atoms with Gasteiger partial charge in [-0.25, -0.2) is 9.97 Å². The van der Waals surface area contributed by atoms with Crippen molar-refractivity contribution < 1.29 is 24.2 Å². The second-order valence-electron chi connectivity index (χ2n) is 13.5. The van der Waals surface area contributed by atoms with Crippen LogP contribution in [-0.4, -0.2) is 63.5 Å². The van der Waals surface area contributed by atoms with Gasteiger partial charge in [0.1, 0.15) is 11.8 Å². The van der Waals surface area contributed by atoms with Crippen LogP contribution in [0.15, 0.2) is 85.2 Å². The number of aromatic nitrogens is 2. The highest BCUT2D eigenvalue weighted by molar-refractivity contribution is 5.97. The Hall–Kier alpha value is -5.05. The first-order valence-corrected chi connectivity index (χ1v) is 17.9. The highest BCUT2D eigenvalue weighted by Crippen LogP contribution is 2.40. The molecule has 2 heterocycles. The molecule has 260 valence electrons. The van der Waals surface area contributed by atoms with E-state index >= 15 is 0 Å². The van der Waals surface area contributed by atoms with E-state index in [0.29, 0.717) is 30.3 Å². The fourth-order valence-corrected chi connectivity index (χ4v) is 6.44. The maximum absolute atomic E-state index is 13.7. The Morgan fingerprint density at radius 3 is 2.16 bits per heavy atom. The summed E-state index contributed by atoms with van der Waals surface area (Å²) in [6.07, 6.45) is 12.7. The summed E-state index contributed by atoms with van der Waals surface area (Å²) in [6.45, 7) is 3.43. The molecular formula is C41H46N4O5. The highest BCUT2D eigenvalue weighted by atomic mass is 16.5. The first-order valence-electron chi connectivity index (χ1n) is 17.9. The second kappa shape index (κ2) is 16.6. The first kappa shape index (κ1) is 34.8. The molecule has 3 aromatic carbocycles. The Balaban J connectivity index is 1.08. The minimum absolute atomic E-state index is 0.139. The van der Waals surface area contributed by atoms with Gasteiger partial charge in [0, 0.05) is 48.6 Å². The molecule has 0 spiro atoms. The molecule has 9 nitrogen and oxygen atoms in total. The van der Waals surface area contributed by atoms with Crippen molar-refractivity contribution in [1.82, 2.24) is 20.2 Å². The Labute approximate surface area is 294 Å². The molecule has 2 aliphatic rings. The van der Waals surface area contributed by atoms with Crippen LogP contribution >= 0.6 is 0 Å². The number of nitrogens with one attached hydrogen (secondary N) is 1. The number of rotatable bonds is 16. The number of hydrogen-bond acceptors (Lipinski definition) is 6. The van der Waals surface area contributed by atoms with Crippen molar-refractivity contribution >= 4 is 17.8 Å². The summed E-state index contributed by atoms with van der Waals surface area (Å²) in [6, 6.07) is 22.4. The predicted molar refractivity (Wildman–Crippen MR) is 193 cm³/mol. The van der Waals surface area contributed by atoms with Gasteiger partial charge in [0.2, 0.25) is 5.91 Å². The summed E-state index contributed by atoms with van der Waals surface area (Å²) in [5.74, 6) is -0.0923. The fourth-order valence-electron chi connectivity index (χ4n) is 6.44. The van der Waals surface area contributed by atoms with Crippen LogP contribution < -0.4 is 10.1 Å². The van der Waals surface area contributed by atoms with Gasteiger partial charge in [0.15, 0.2) is 5.82 Å². The average molecular weight is 675 g/mol. The number of carboxylic acids is 1. The number of unbranched alkanes of at least 4 members (excludes halogenated alkanes) is 4. The van der Waals surface area contributed by atoms with Crippen molar-refractivity contribution in [2.75, 3.05) is 19.7 Å². The average Bonchev–Trinajstić information content (AvgIpc) is 3.88. The van der Waals surface area contributed by atoms with E-state index in [1.54, 1.807) is 4.90 Å². The van der Waals surface area contributed by atoms with Crippen LogP contribution in [0, 0.1) is 5.92 Å². The number of nitrogens with zero attached hydrogens (tertiary/aromatic N) is 3. The molecule has 50 heavy (non-hydrogen) atoms. The Morgan fingerprint density at radius 2 is 1.52 bits per heavy atom. The molecule has 2 N–H and O–H groups in total. The molecule has 2 fully saturated rings. The molecule has 4 aromatic rings. The quantitative estimate of drug-likeness (QED) is 0.120. The van der Waals surface area contributed by atoms with Crippen LogP contribution in [0.5, 0.6) is 5.75 Å². The minimum atomic E-state index is -0.909. The van der Waals surface area contributed by atoms with Crippen molar-refractivity contribution in [3.8, 4) is 28.3 Å². The van der Waals surface area contributed by atoms with Gasteiger partial charge in [-0.1, -0.05) is 81.1 Å². The van der Waals surface area contributed by atoms with Gasteiger partial charge < -0.3 is 20.1 Å². The number of aliphatic carboxylic acids is 1. The Morgan fingerprint density at radius 1 is 0.840 bits per heavy atom. The number of benzene rings is 3. The zero-order valence-electron chi connectivity index (χ0n) is 28.7. The summed E-state index contributed by atoms with van der Waals surface area (Å²) >= 11 is 0. The number of hydrogen-bond donors (Lipinski definition) is 2. The van der Waals surface area contributed by atoms with E-state index in [1.807, 2.05) is 85.2 Å². The van der Waals surface area contributed by atoms with Crippen LogP contribution in [0.4, 0.5) is 0 Å². The molecule has 1 aliphatic heterocycles. The molecule has 2 atom stereocenters. The molecule has 2 unspecified atom stereocenters. The second-order valence-corrected chi connectivity index (χ2v) is 13.5. The highest BCUT2D eigenvalue weighted by Gasteiger charge is 2.35. The normalized spacial score (nSPS) is 16.2.